The number of halogens is 1. The Kier molecular flexibility index (Phi) is 4.08. The van der Waals surface area contributed by atoms with Crippen LogP contribution in [0.1, 0.15) is 37.6 Å². The Morgan fingerprint density at radius 1 is 1.40 bits per heavy atom. The van der Waals surface area contributed by atoms with Gasteiger partial charge in [0.2, 0.25) is 0 Å². The zero-order valence-electron chi connectivity index (χ0n) is 11.8. The molecule has 1 aliphatic carbocycles. The van der Waals surface area contributed by atoms with E-state index in [0.717, 1.165) is 30.2 Å². The molecule has 1 aromatic heterocycles. The highest BCUT2D eigenvalue weighted by molar-refractivity contribution is 6.30. The first kappa shape index (κ1) is 13.7. The van der Waals surface area contributed by atoms with Gasteiger partial charge in [0, 0.05) is 36.4 Å². The van der Waals surface area contributed by atoms with Crippen LogP contribution in [0.25, 0.3) is 5.69 Å². The van der Waals surface area contributed by atoms with E-state index >= 15 is 0 Å². The molecule has 0 atom stereocenters. The van der Waals surface area contributed by atoms with Gasteiger partial charge in [0.25, 0.3) is 0 Å². The Bertz CT molecular complexity index is 587. The maximum absolute atomic E-state index is 6.16. The molecule has 0 saturated heterocycles. The number of imidazole rings is 1. The third-order valence-corrected chi connectivity index (χ3v) is 3.89. The summed E-state index contributed by atoms with van der Waals surface area (Å²) in [7, 11) is 0. The molecule has 0 aliphatic heterocycles. The SMILES string of the molecule is CCCc1nccn1-c1ccc(Cl)cc1CNC1CC1. The number of nitrogens with zero attached hydrogens (tertiary/aromatic N) is 2. The molecule has 0 radical (unpaired) electrons. The van der Waals surface area contributed by atoms with Gasteiger partial charge in [-0.1, -0.05) is 18.5 Å². The number of rotatable bonds is 6. The Morgan fingerprint density at radius 3 is 3.00 bits per heavy atom. The second kappa shape index (κ2) is 5.98. The van der Waals surface area contributed by atoms with E-state index in [0.29, 0.717) is 6.04 Å². The van der Waals surface area contributed by atoms with E-state index in [1.807, 2.05) is 18.5 Å². The van der Waals surface area contributed by atoms with Crippen molar-refractivity contribution in [3.8, 4) is 5.69 Å². The van der Waals surface area contributed by atoms with E-state index in [4.69, 9.17) is 11.6 Å². The van der Waals surface area contributed by atoms with Crippen LogP contribution in [0.3, 0.4) is 0 Å². The molecular formula is C16H20ClN3. The third kappa shape index (κ3) is 3.05. The second-order valence-corrected chi connectivity index (χ2v) is 5.83. The number of hydrogen-bond acceptors (Lipinski definition) is 2. The van der Waals surface area contributed by atoms with E-state index in [-0.39, 0.29) is 0 Å². The van der Waals surface area contributed by atoms with E-state index in [2.05, 4.69) is 33.9 Å². The van der Waals surface area contributed by atoms with Crippen LogP contribution in [-0.2, 0) is 13.0 Å². The van der Waals surface area contributed by atoms with Gasteiger partial charge in [-0.15, -0.1) is 0 Å². The van der Waals surface area contributed by atoms with Gasteiger partial charge < -0.3 is 9.88 Å². The predicted molar refractivity (Wildman–Crippen MR) is 82.4 cm³/mol. The molecule has 20 heavy (non-hydrogen) atoms. The average molecular weight is 290 g/mol. The molecule has 1 aromatic carbocycles. The van der Waals surface area contributed by atoms with Crippen molar-refractivity contribution in [1.82, 2.24) is 14.9 Å². The smallest absolute Gasteiger partial charge is 0.113 e. The van der Waals surface area contributed by atoms with Crippen molar-refractivity contribution in [2.45, 2.75) is 45.2 Å². The molecule has 3 rings (SSSR count). The van der Waals surface area contributed by atoms with Crippen molar-refractivity contribution in [3.63, 3.8) is 0 Å². The van der Waals surface area contributed by atoms with Crippen molar-refractivity contribution in [1.29, 1.82) is 0 Å². The van der Waals surface area contributed by atoms with Gasteiger partial charge in [0.05, 0.1) is 5.69 Å². The summed E-state index contributed by atoms with van der Waals surface area (Å²) < 4.78 is 2.18. The lowest BCUT2D eigenvalue weighted by Gasteiger charge is -2.14. The standard InChI is InChI=1S/C16H20ClN3/c1-2-3-16-18-8-9-20(16)15-7-4-13(17)10-12(15)11-19-14-5-6-14/h4,7-10,14,19H,2-3,5-6,11H2,1H3. The third-order valence-electron chi connectivity index (χ3n) is 3.65. The molecule has 0 bridgehead atoms. The number of aryl methyl sites for hydroxylation is 1. The van der Waals surface area contributed by atoms with Crippen LogP contribution in [0.4, 0.5) is 0 Å². The van der Waals surface area contributed by atoms with Crippen molar-refractivity contribution >= 4 is 11.6 Å². The number of aromatic nitrogens is 2. The lowest BCUT2D eigenvalue weighted by atomic mass is 10.1. The zero-order valence-corrected chi connectivity index (χ0v) is 12.5. The summed E-state index contributed by atoms with van der Waals surface area (Å²) in [5.41, 5.74) is 2.42. The summed E-state index contributed by atoms with van der Waals surface area (Å²) in [6.45, 7) is 3.04. The fourth-order valence-electron chi connectivity index (χ4n) is 2.43. The van der Waals surface area contributed by atoms with Crippen LogP contribution >= 0.6 is 11.6 Å². The minimum absolute atomic E-state index is 0.694. The monoisotopic (exact) mass is 289 g/mol. The van der Waals surface area contributed by atoms with Gasteiger partial charge in [-0.05, 0) is 43.0 Å². The highest BCUT2D eigenvalue weighted by atomic mass is 35.5. The summed E-state index contributed by atoms with van der Waals surface area (Å²) in [6, 6.07) is 6.79. The Morgan fingerprint density at radius 2 is 2.25 bits per heavy atom. The molecule has 1 fully saturated rings. The molecule has 0 spiro atoms. The van der Waals surface area contributed by atoms with Gasteiger partial charge in [-0.25, -0.2) is 4.98 Å². The van der Waals surface area contributed by atoms with Gasteiger partial charge in [0.1, 0.15) is 5.82 Å². The maximum atomic E-state index is 6.16. The topological polar surface area (TPSA) is 29.9 Å². The first-order chi connectivity index (χ1) is 9.78. The maximum Gasteiger partial charge on any atom is 0.113 e. The Hall–Kier alpha value is -1.32. The summed E-state index contributed by atoms with van der Waals surface area (Å²) >= 11 is 6.16. The second-order valence-electron chi connectivity index (χ2n) is 5.39. The molecule has 4 heteroatoms. The van der Waals surface area contributed by atoms with E-state index in [1.54, 1.807) is 0 Å². The minimum Gasteiger partial charge on any atom is -0.310 e. The number of nitrogens with one attached hydrogen (secondary N) is 1. The van der Waals surface area contributed by atoms with Gasteiger partial charge in [-0.3, -0.25) is 0 Å². The van der Waals surface area contributed by atoms with Crippen molar-refractivity contribution in [2.75, 3.05) is 0 Å². The van der Waals surface area contributed by atoms with Crippen molar-refractivity contribution in [3.05, 3.63) is 47.0 Å². The van der Waals surface area contributed by atoms with Crippen LogP contribution in [0, 0.1) is 0 Å². The van der Waals surface area contributed by atoms with E-state index in [9.17, 15) is 0 Å². The van der Waals surface area contributed by atoms with Crippen LogP contribution in [0.2, 0.25) is 5.02 Å². The highest BCUT2D eigenvalue weighted by Gasteiger charge is 2.21. The number of benzene rings is 1. The van der Waals surface area contributed by atoms with Crippen LogP contribution in [0.15, 0.2) is 30.6 Å². The average Bonchev–Trinajstić information content (AvgIpc) is 3.16. The fraction of sp³-hybridized carbons (Fsp3) is 0.438. The molecule has 106 valence electrons. The largest absolute Gasteiger partial charge is 0.310 e. The lowest BCUT2D eigenvalue weighted by molar-refractivity contribution is 0.682. The summed E-state index contributed by atoms with van der Waals surface area (Å²) in [5, 5.41) is 4.35. The van der Waals surface area contributed by atoms with Crippen molar-refractivity contribution < 1.29 is 0 Å². The Labute approximate surface area is 125 Å². The molecule has 2 aromatic rings. The van der Waals surface area contributed by atoms with Crippen LogP contribution in [0.5, 0.6) is 0 Å². The van der Waals surface area contributed by atoms with E-state index in [1.165, 1.54) is 24.1 Å². The summed E-state index contributed by atoms with van der Waals surface area (Å²) in [4.78, 5) is 4.46. The molecule has 0 unspecified atom stereocenters. The normalized spacial score (nSPS) is 14.7. The molecule has 1 saturated carbocycles. The van der Waals surface area contributed by atoms with E-state index < -0.39 is 0 Å². The highest BCUT2D eigenvalue weighted by Crippen LogP contribution is 2.24. The quantitative estimate of drug-likeness (QED) is 0.878. The zero-order chi connectivity index (χ0) is 13.9. The van der Waals surface area contributed by atoms with Crippen LogP contribution in [-0.4, -0.2) is 15.6 Å². The van der Waals surface area contributed by atoms with Gasteiger partial charge in [0.15, 0.2) is 0 Å². The summed E-state index contributed by atoms with van der Waals surface area (Å²) in [6.07, 6.45) is 8.59. The molecule has 3 nitrogen and oxygen atoms in total. The first-order valence-electron chi connectivity index (χ1n) is 7.32. The van der Waals surface area contributed by atoms with Crippen LogP contribution < -0.4 is 5.32 Å². The molecule has 1 aliphatic rings. The van der Waals surface area contributed by atoms with Crippen molar-refractivity contribution in [2.24, 2.45) is 0 Å². The fourth-order valence-corrected chi connectivity index (χ4v) is 2.63. The molecule has 1 N–H and O–H groups in total. The minimum atomic E-state index is 0.694. The van der Waals surface area contributed by atoms with Gasteiger partial charge in [-0.2, -0.15) is 0 Å². The molecular weight excluding hydrogens is 270 g/mol. The predicted octanol–water partition coefficient (Wildman–Crippen LogP) is 3.73. The Balaban J connectivity index is 1.91. The molecule has 0 amide bonds. The summed E-state index contributed by atoms with van der Waals surface area (Å²) in [5.74, 6) is 1.11. The lowest BCUT2D eigenvalue weighted by Crippen LogP contribution is -2.17. The van der Waals surface area contributed by atoms with Gasteiger partial charge >= 0.3 is 0 Å². The first-order valence-corrected chi connectivity index (χ1v) is 7.70. The molecule has 1 heterocycles. The number of hydrogen-bond donors (Lipinski definition) is 1.